The molecular formula is C19H28N2O3. The molecule has 2 amide bonds. The molecule has 0 aromatic heterocycles. The Hall–Kier alpha value is -2.04. The highest BCUT2D eigenvalue weighted by Crippen LogP contribution is 2.25. The summed E-state index contributed by atoms with van der Waals surface area (Å²) in [5, 5.41) is 3.01. The zero-order chi connectivity index (χ0) is 18.1. The van der Waals surface area contributed by atoms with Crippen LogP contribution in [0.3, 0.4) is 0 Å². The third-order valence-electron chi connectivity index (χ3n) is 4.11. The molecule has 1 aliphatic rings. The van der Waals surface area contributed by atoms with Gasteiger partial charge in [-0.15, -0.1) is 0 Å². The van der Waals surface area contributed by atoms with E-state index in [1.165, 1.54) is 5.56 Å². The molecule has 1 N–H and O–H groups in total. The first-order valence-electron chi connectivity index (χ1n) is 8.47. The summed E-state index contributed by atoms with van der Waals surface area (Å²) in [6, 6.07) is 3.62. The summed E-state index contributed by atoms with van der Waals surface area (Å²) in [6.45, 7) is 12.0. The van der Waals surface area contributed by atoms with E-state index in [1.807, 2.05) is 53.7 Å². The van der Waals surface area contributed by atoms with Crippen molar-refractivity contribution in [2.24, 2.45) is 0 Å². The van der Waals surface area contributed by atoms with Gasteiger partial charge in [0.05, 0.1) is 0 Å². The summed E-state index contributed by atoms with van der Waals surface area (Å²) < 4.78 is 5.42. The van der Waals surface area contributed by atoms with Gasteiger partial charge in [-0.2, -0.15) is 0 Å². The van der Waals surface area contributed by atoms with Crippen LogP contribution in [0.2, 0.25) is 0 Å². The summed E-state index contributed by atoms with van der Waals surface area (Å²) in [4.78, 5) is 26.6. The smallest absolute Gasteiger partial charge is 0.410 e. The van der Waals surface area contributed by atoms with Gasteiger partial charge in [-0.25, -0.2) is 4.79 Å². The van der Waals surface area contributed by atoms with Crippen LogP contribution in [0.25, 0.3) is 0 Å². The lowest BCUT2D eigenvalue weighted by Gasteiger charge is -2.28. The van der Waals surface area contributed by atoms with Crippen LogP contribution < -0.4 is 5.32 Å². The van der Waals surface area contributed by atoms with Crippen molar-refractivity contribution in [1.82, 2.24) is 4.90 Å². The molecule has 0 radical (unpaired) electrons. The second-order valence-electron chi connectivity index (χ2n) is 7.59. The number of hydrogen-bond donors (Lipinski definition) is 1. The maximum atomic E-state index is 12.7. The number of nitrogens with zero attached hydrogens (tertiary/aromatic N) is 1. The molecule has 0 aliphatic carbocycles. The molecule has 5 heteroatoms. The molecule has 5 nitrogen and oxygen atoms in total. The topological polar surface area (TPSA) is 58.6 Å². The van der Waals surface area contributed by atoms with Crippen molar-refractivity contribution in [2.75, 3.05) is 11.9 Å². The van der Waals surface area contributed by atoms with Crippen LogP contribution in [-0.2, 0) is 9.53 Å². The van der Waals surface area contributed by atoms with Crippen LogP contribution in [0.15, 0.2) is 12.1 Å². The third-order valence-corrected chi connectivity index (χ3v) is 4.11. The molecule has 0 spiro atoms. The number of benzene rings is 1. The SMILES string of the molecule is Cc1cc(C)c(NC(=O)[C@@H]2CCCN2C(=O)OC(C)(C)C)c(C)c1. The lowest BCUT2D eigenvalue weighted by atomic mass is 10.0. The molecular weight excluding hydrogens is 304 g/mol. The zero-order valence-corrected chi connectivity index (χ0v) is 15.5. The fourth-order valence-electron chi connectivity index (χ4n) is 3.16. The van der Waals surface area contributed by atoms with Crippen LogP contribution >= 0.6 is 0 Å². The summed E-state index contributed by atoms with van der Waals surface area (Å²) in [7, 11) is 0. The summed E-state index contributed by atoms with van der Waals surface area (Å²) in [5.41, 5.74) is 3.50. The molecule has 1 saturated heterocycles. The van der Waals surface area contributed by atoms with Gasteiger partial charge in [0.15, 0.2) is 0 Å². The van der Waals surface area contributed by atoms with Crippen molar-refractivity contribution >= 4 is 17.7 Å². The van der Waals surface area contributed by atoms with Crippen molar-refractivity contribution in [2.45, 2.75) is 66.0 Å². The molecule has 1 aromatic carbocycles. The summed E-state index contributed by atoms with van der Waals surface area (Å²) >= 11 is 0. The average Bonchev–Trinajstić information content (AvgIpc) is 2.90. The van der Waals surface area contributed by atoms with E-state index in [9.17, 15) is 9.59 Å². The van der Waals surface area contributed by atoms with Crippen LogP contribution in [0.1, 0.15) is 50.3 Å². The molecule has 0 saturated carbocycles. The first-order chi connectivity index (χ1) is 11.1. The highest BCUT2D eigenvalue weighted by molar-refractivity contribution is 5.98. The minimum Gasteiger partial charge on any atom is -0.444 e. The highest BCUT2D eigenvalue weighted by Gasteiger charge is 2.36. The fourth-order valence-corrected chi connectivity index (χ4v) is 3.16. The largest absolute Gasteiger partial charge is 0.444 e. The Kier molecular flexibility index (Phi) is 5.21. The molecule has 132 valence electrons. The average molecular weight is 332 g/mol. The molecule has 1 aliphatic heterocycles. The van der Waals surface area contributed by atoms with Gasteiger partial charge in [0.2, 0.25) is 5.91 Å². The number of amides is 2. The van der Waals surface area contributed by atoms with Gasteiger partial charge >= 0.3 is 6.09 Å². The van der Waals surface area contributed by atoms with Gasteiger partial charge in [-0.3, -0.25) is 9.69 Å². The number of anilines is 1. The van der Waals surface area contributed by atoms with Crippen molar-refractivity contribution < 1.29 is 14.3 Å². The van der Waals surface area contributed by atoms with E-state index < -0.39 is 17.7 Å². The molecule has 1 atom stereocenters. The molecule has 0 unspecified atom stereocenters. The zero-order valence-electron chi connectivity index (χ0n) is 15.5. The Morgan fingerprint density at radius 1 is 1.17 bits per heavy atom. The van der Waals surface area contributed by atoms with Crippen LogP contribution in [0.4, 0.5) is 10.5 Å². The molecule has 24 heavy (non-hydrogen) atoms. The maximum absolute atomic E-state index is 12.7. The predicted octanol–water partition coefficient (Wildman–Crippen LogP) is 3.95. The Morgan fingerprint density at radius 3 is 2.29 bits per heavy atom. The highest BCUT2D eigenvalue weighted by atomic mass is 16.6. The van der Waals surface area contributed by atoms with E-state index in [2.05, 4.69) is 5.32 Å². The first kappa shape index (κ1) is 18.3. The number of ether oxygens (including phenoxy) is 1. The minimum absolute atomic E-state index is 0.145. The van der Waals surface area contributed by atoms with E-state index >= 15 is 0 Å². The molecule has 0 bridgehead atoms. The van der Waals surface area contributed by atoms with Crippen LogP contribution in [0, 0.1) is 20.8 Å². The first-order valence-corrected chi connectivity index (χ1v) is 8.47. The number of hydrogen-bond acceptors (Lipinski definition) is 3. The lowest BCUT2D eigenvalue weighted by molar-refractivity contribution is -0.120. The monoisotopic (exact) mass is 332 g/mol. The van der Waals surface area contributed by atoms with Crippen molar-refractivity contribution in [3.05, 3.63) is 28.8 Å². The van der Waals surface area contributed by atoms with Gasteiger partial charge in [0.25, 0.3) is 0 Å². The van der Waals surface area contributed by atoms with E-state index in [-0.39, 0.29) is 5.91 Å². The van der Waals surface area contributed by atoms with E-state index in [0.29, 0.717) is 13.0 Å². The Balaban J connectivity index is 2.13. The normalized spacial score (nSPS) is 17.8. The van der Waals surface area contributed by atoms with Crippen molar-refractivity contribution in [3.63, 3.8) is 0 Å². The van der Waals surface area contributed by atoms with Gasteiger partial charge in [0, 0.05) is 12.2 Å². The maximum Gasteiger partial charge on any atom is 0.410 e. The second kappa shape index (κ2) is 6.83. The molecule has 2 rings (SSSR count). The predicted molar refractivity (Wildman–Crippen MR) is 95.2 cm³/mol. The van der Waals surface area contributed by atoms with Gasteiger partial charge in [0.1, 0.15) is 11.6 Å². The standard InChI is InChI=1S/C19H28N2O3/c1-12-10-13(2)16(14(3)11-12)20-17(22)15-8-7-9-21(15)18(23)24-19(4,5)6/h10-11,15H,7-9H2,1-6H3,(H,20,22)/t15-/m0/s1. The second-order valence-corrected chi connectivity index (χ2v) is 7.59. The van der Waals surface area contributed by atoms with Crippen molar-refractivity contribution in [3.8, 4) is 0 Å². The summed E-state index contributed by atoms with van der Waals surface area (Å²) in [5.74, 6) is -0.145. The van der Waals surface area contributed by atoms with Crippen LogP contribution in [0.5, 0.6) is 0 Å². The van der Waals surface area contributed by atoms with Crippen molar-refractivity contribution in [1.29, 1.82) is 0 Å². The Morgan fingerprint density at radius 2 is 1.75 bits per heavy atom. The Labute approximate surface area is 144 Å². The van der Waals surface area contributed by atoms with Crippen LogP contribution in [-0.4, -0.2) is 35.1 Å². The molecule has 1 aromatic rings. The lowest BCUT2D eigenvalue weighted by Crippen LogP contribution is -2.45. The fraction of sp³-hybridized carbons (Fsp3) is 0.579. The van der Waals surface area contributed by atoms with E-state index in [4.69, 9.17) is 4.74 Å². The number of likely N-dealkylation sites (tertiary alicyclic amines) is 1. The van der Waals surface area contributed by atoms with E-state index in [0.717, 1.165) is 23.2 Å². The van der Waals surface area contributed by atoms with Gasteiger partial charge < -0.3 is 10.1 Å². The minimum atomic E-state index is -0.565. The number of aryl methyl sites for hydroxylation is 3. The number of rotatable bonds is 2. The van der Waals surface area contributed by atoms with Gasteiger partial charge in [-0.05, 0) is 65.5 Å². The van der Waals surface area contributed by atoms with Gasteiger partial charge in [-0.1, -0.05) is 17.7 Å². The quantitative estimate of drug-likeness (QED) is 0.892. The summed E-state index contributed by atoms with van der Waals surface area (Å²) in [6.07, 6.45) is 1.05. The third kappa shape index (κ3) is 4.28. The number of carbonyl (C=O) groups is 2. The number of carbonyl (C=O) groups excluding carboxylic acids is 2. The van der Waals surface area contributed by atoms with E-state index in [1.54, 1.807) is 4.90 Å². The Bertz CT molecular complexity index is 623. The molecule has 1 fully saturated rings. The molecule has 1 heterocycles. The number of nitrogens with one attached hydrogen (secondary N) is 1.